The van der Waals surface area contributed by atoms with Crippen molar-refractivity contribution in [1.29, 1.82) is 0 Å². The predicted molar refractivity (Wildman–Crippen MR) is 56.1 cm³/mol. The molecule has 3 nitrogen and oxygen atoms in total. The van der Waals surface area contributed by atoms with Gasteiger partial charge in [0.25, 0.3) is 0 Å². The van der Waals surface area contributed by atoms with Crippen molar-refractivity contribution in [2.45, 2.75) is 50.2 Å². The van der Waals surface area contributed by atoms with Crippen molar-refractivity contribution >= 4 is 6.29 Å². The zero-order valence-electron chi connectivity index (χ0n) is 8.98. The summed E-state index contributed by atoms with van der Waals surface area (Å²) >= 11 is 0. The molecule has 3 unspecified atom stereocenters. The molecule has 4 rings (SSSR count). The van der Waals surface area contributed by atoms with Gasteiger partial charge in [0.15, 0.2) is 0 Å². The molecule has 0 heterocycles. The number of rotatable bonds is 2. The van der Waals surface area contributed by atoms with E-state index in [0.29, 0.717) is 11.8 Å². The van der Waals surface area contributed by atoms with E-state index in [-0.39, 0.29) is 11.5 Å². The van der Waals surface area contributed by atoms with Crippen LogP contribution in [-0.4, -0.2) is 23.0 Å². The minimum absolute atomic E-state index is 0.0689. The molecule has 84 valence electrons. The van der Waals surface area contributed by atoms with E-state index in [1.54, 1.807) is 0 Å². The second-order valence-corrected chi connectivity index (χ2v) is 6.21. The van der Waals surface area contributed by atoms with Crippen molar-refractivity contribution < 1.29 is 9.90 Å². The third-order valence-electron chi connectivity index (χ3n) is 4.93. The van der Waals surface area contributed by atoms with Crippen LogP contribution in [0.2, 0.25) is 0 Å². The molecule has 3 N–H and O–H groups in total. The Kier molecular flexibility index (Phi) is 1.85. The Morgan fingerprint density at radius 1 is 1.27 bits per heavy atom. The van der Waals surface area contributed by atoms with Gasteiger partial charge in [-0.2, -0.15) is 0 Å². The molecule has 0 aromatic carbocycles. The molecule has 4 aliphatic rings. The Morgan fingerprint density at radius 3 is 2.33 bits per heavy atom. The van der Waals surface area contributed by atoms with E-state index < -0.39 is 5.60 Å². The fraction of sp³-hybridized carbons (Fsp3) is 0.917. The van der Waals surface area contributed by atoms with Gasteiger partial charge in [-0.05, 0) is 55.8 Å². The van der Waals surface area contributed by atoms with Crippen LogP contribution in [0.5, 0.6) is 0 Å². The number of carbonyl (C=O) groups is 1. The molecule has 0 radical (unpaired) electrons. The van der Waals surface area contributed by atoms with Crippen molar-refractivity contribution in [1.82, 2.24) is 0 Å². The monoisotopic (exact) mass is 209 g/mol. The Labute approximate surface area is 90.0 Å². The van der Waals surface area contributed by atoms with Gasteiger partial charge < -0.3 is 15.6 Å². The molecule has 3 atom stereocenters. The zero-order chi connectivity index (χ0) is 10.7. The van der Waals surface area contributed by atoms with Gasteiger partial charge in [-0.3, -0.25) is 0 Å². The van der Waals surface area contributed by atoms with Crippen LogP contribution in [0.15, 0.2) is 0 Å². The van der Waals surface area contributed by atoms with Crippen molar-refractivity contribution in [3.05, 3.63) is 0 Å². The van der Waals surface area contributed by atoms with Crippen LogP contribution >= 0.6 is 0 Å². The van der Waals surface area contributed by atoms with Gasteiger partial charge in [0.2, 0.25) is 0 Å². The van der Waals surface area contributed by atoms with E-state index in [1.807, 2.05) is 0 Å². The molecule has 4 aliphatic carbocycles. The fourth-order valence-electron chi connectivity index (χ4n) is 4.82. The van der Waals surface area contributed by atoms with Crippen LogP contribution in [0.4, 0.5) is 0 Å². The Morgan fingerprint density at radius 2 is 1.87 bits per heavy atom. The van der Waals surface area contributed by atoms with Crippen molar-refractivity contribution in [3.63, 3.8) is 0 Å². The number of carbonyl (C=O) groups excluding carboxylic acids is 1. The third kappa shape index (κ3) is 1.29. The molecular weight excluding hydrogens is 190 g/mol. The molecule has 0 aromatic heterocycles. The highest BCUT2D eigenvalue weighted by Crippen LogP contribution is 2.62. The molecule has 0 saturated heterocycles. The normalized spacial score (nSPS) is 54.3. The van der Waals surface area contributed by atoms with E-state index in [4.69, 9.17) is 5.73 Å². The zero-order valence-corrected chi connectivity index (χ0v) is 8.98. The summed E-state index contributed by atoms with van der Waals surface area (Å²) < 4.78 is 0. The van der Waals surface area contributed by atoms with Gasteiger partial charge in [-0.15, -0.1) is 0 Å². The first kappa shape index (κ1) is 9.79. The molecule has 4 fully saturated rings. The standard InChI is InChI=1S/C12H19NO2/c13-10(6-14)11-2-8-1-9(3-11)5-12(15,4-8)7-11/h6,8-10,15H,1-5,7,13H2. The lowest BCUT2D eigenvalue weighted by molar-refractivity contribution is -0.170. The summed E-state index contributed by atoms with van der Waals surface area (Å²) in [4.78, 5) is 10.9. The molecule has 15 heavy (non-hydrogen) atoms. The van der Waals surface area contributed by atoms with Crippen molar-refractivity contribution in [2.24, 2.45) is 23.0 Å². The summed E-state index contributed by atoms with van der Waals surface area (Å²) in [5.41, 5.74) is 5.39. The molecule has 0 amide bonds. The lowest BCUT2D eigenvalue weighted by Crippen LogP contribution is -2.61. The largest absolute Gasteiger partial charge is 0.390 e. The predicted octanol–water partition coefficient (Wildman–Crippen LogP) is 0.844. The number of hydrogen-bond acceptors (Lipinski definition) is 3. The van der Waals surface area contributed by atoms with Gasteiger partial charge in [0.05, 0.1) is 11.6 Å². The summed E-state index contributed by atoms with van der Waals surface area (Å²) in [5, 5.41) is 10.4. The number of aldehydes is 1. The maximum atomic E-state index is 10.9. The minimum atomic E-state index is -0.495. The molecule has 0 spiro atoms. The van der Waals surface area contributed by atoms with Gasteiger partial charge in [0.1, 0.15) is 6.29 Å². The lowest BCUT2D eigenvalue weighted by atomic mass is 9.46. The Bertz CT molecular complexity index is 288. The van der Waals surface area contributed by atoms with Gasteiger partial charge in [-0.25, -0.2) is 0 Å². The van der Waals surface area contributed by atoms with Gasteiger partial charge >= 0.3 is 0 Å². The van der Waals surface area contributed by atoms with Crippen LogP contribution in [0.3, 0.4) is 0 Å². The Balaban J connectivity index is 1.95. The van der Waals surface area contributed by atoms with E-state index in [1.165, 1.54) is 6.42 Å². The van der Waals surface area contributed by atoms with Gasteiger partial charge in [-0.1, -0.05) is 0 Å². The van der Waals surface area contributed by atoms with Crippen LogP contribution < -0.4 is 5.73 Å². The maximum Gasteiger partial charge on any atom is 0.137 e. The summed E-state index contributed by atoms with van der Waals surface area (Å²) in [6.45, 7) is 0. The first-order valence-electron chi connectivity index (χ1n) is 5.99. The highest BCUT2D eigenvalue weighted by atomic mass is 16.3. The number of hydrogen-bond donors (Lipinski definition) is 2. The Hall–Kier alpha value is -0.410. The number of nitrogens with two attached hydrogens (primary N) is 1. The number of aliphatic hydroxyl groups is 1. The highest BCUT2D eigenvalue weighted by molar-refractivity contribution is 5.59. The van der Waals surface area contributed by atoms with Crippen LogP contribution in [0.25, 0.3) is 0 Å². The first-order valence-corrected chi connectivity index (χ1v) is 5.99. The highest BCUT2D eigenvalue weighted by Gasteiger charge is 2.58. The smallest absolute Gasteiger partial charge is 0.137 e. The summed E-state index contributed by atoms with van der Waals surface area (Å²) in [6.07, 6.45) is 6.89. The molecule has 4 saturated carbocycles. The van der Waals surface area contributed by atoms with Crippen LogP contribution in [-0.2, 0) is 4.79 Å². The van der Waals surface area contributed by atoms with E-state index >= 15 is 0 Å². The average Bonchev–Trinajstić information content (AvgIpc) is 2.12. The summed E-state index contributed by atoms with van der Waals surface area (Å²) in [7, 11) is 0. The SMILES string of the molecule is NC(C=O)C12CC3CC(CC(O)(C3)C1)C2. The van der Waals surface area contributed by atoms with E-state index in [2.05, 4.69) is 0 Å². The van der Waals surface area contributed by atoms with E-state index in [9.17, 15) is 9.90 Å². The van der Waals surface area contributed by atoms with Crippen molar-refractivity contribution in [2.75, 3.05) is 0 Å². The molecule has 0 aliphatic heterocycles. The van der Waals surface area contributed by atoms with Crippen molar-refractivity contribution in [3.8, 4) is 0 Å². The second kappa shape index (κ2) is 2.83. The molecule has 4 bridgehead atoms. The van der Waals surface area contributed by atoms with Gasteiger partial charge in [0, 0.05) is 0 Å². The molecular formula is C12H19NO2. The molecule has 0 aromatic rings. The fourth-order valence-corrected chi connectivity index (χ4v) is 4.82. The van der Waals surface area contributed by atoms with E-state index in [0.717, 1.165) is 38.4 Å². The average molecular weight is 209 g/mol. The molecule has 3 heteroatoms. The summed E-state index contributed by atoms with van der Waals surface area (Å²) in [5.74, 6) is 1.23. The third-order valence-corrected chi connectivity index (χ3v) is 4.93. The first-order chi connectivity index (χ1) is 7.05. The lowest BCUT2D eigenvalue weighted by Gasteiger charge is -2.61. The topological polar surface area (TPSA) is 63.3 Å². The minimum Gasteiger partial charge on any atom is -0.390 e. The summed E-state index contributed by atoms with van der Waals surface area (Å²) in [6, 6.07) is -0.366. The quantitative estimate of drug-likeness (QED) is 0.662. The second-order valence-electron chi connectivity index (χ2n) is 6.21. The van der Waals surface area contributed by atoms with Crippen LogP contribution in [0, 0.1) is 17.3 Å². The maximum absolute atomic E-state index is 10.9. The van der Waals surface area contributed by atoms with Crippen LogP contribution in [0.1, 0.15) is 38.5 Å².